The maximum atomic E-state index is 12.5. The highest BCUT2D eigenvalue weighted by atomic mass is 32.2. The highest BCUT2D eigenvalue weighted by molar-refractivity contribution is 7.92. The fourth-order valence-corrected chi connectivity index (χ4v) is 3.35. The first-order valence-electron chi connectivity index (χ1n) is 6.78. The molecule has 1 aromatic carbocycles. The van der Waals surface area contributed by atoms with Crippen LogP contribution in [0.5, 0.6) is 0 Å². The zero-order chi connectivity index (χ0) is 15.6. The van der Waals surface area contributed by atoms with Crippen LogP contribution in [-0.4, -0.2) is 18.1 Å². The molecule has 0 aliphatic carbocycles. The van der Waals surface area contributed by atoms with Gasteiger partial charge in [0, 0.05) is 18.4 Å². The Kier molecular flexibility index (Phi) is 4.39. The van der Waals surface area contributed by atoms with Gasteiger partial charge in [-0.15, -0.1) is 0 Å². The molecule has 0 saturated carbocycles. The number of aliphatic hydroxyl groups is 1. The van der Waals surface area contributed by atoms with Gasteiger partial charge in [-0.1, -0.05) is 12.1 Å². The number of rotatable bonds is 5. The molecule has 0 spiro atoms. The third-order valence-electron chi connectivity index (χ3n) is 3.62. The first kappa shape index (κ1) is 15.6. The Bertz CT molecular complexity index is 727. The van der Waals surface area contributed by atoms with E-state index >= 15 is 0 Å². The molecule has 0 radical (unpaired) electrons. The van der Waals surface area contributed by atoms with Gasteiger partial charge >= 0.3 is 0 Å². The number of hydrogen-bond donors (Lipinski definition) is 2. The van der Waals surface area contributed by atoms with Gasteiger partial charge in [0.15, 0.2) is 0 Å². The van der Waals surface area contributed by atoms with Gasteiger partial charge in [0.1, 0.15) is 4.90 Å². The summed E-state index contributed by atoms with van der Waals surface area (Å²) in [5.41, 5.74) is 3.08. The van der Waals surface area contributed by atoms with E-state index in [1.54, 1.807) is 16.8 Å². The van der Waals surface area contributed by atoms with Crippen molar-refractivity contribution in [3.05, 3.63) is 47.3 Å². The van der Waals surface area contributed by atoms with Crippen molar-refractivity contribution in [1.82, 2.24) is 4.57 Å². The first-order chi connectivity index (χ1) is 9.89. The molecule has 0 atom stereocenters. The topological polar surface area (TPSA) is 71.3 Å². The second-order valence-corrected chi connectivity index (χ2v) is 6.65. The van der Waals surface area contributed by atoms with Crippen LogP contribution in [0.2, 0.25) is 0 Å². The van der Waals surface area contributed by atoms with Crippen molar-refractivity contribution in [3.8, 4) is 0 Å². The van der Waals surface area contributed by atoms with Crippen molar-refractivity contribution in [2.24, 2.45) is 0 Å². The molecular formula is C15H20N2O3S. The molecule has 0 aliphatic heterocycles. The third kappa shape index (κ3) is 3.11. The molecule has 0 unspecified atom stereocenters. The van der Waals surface area contributed by atoms with Gasteiger partial charge in [-0.25, -0.2) is 8.42 Å². The van der Waals surface area contributed by atoms with Crippen molar-refractivity contribution < 1.29 is 13.5 Å². The van der Waals surface area contributed by atoms with Crippen molar-refractivity contribution in [2.75, 3.05) is 4.72 Å². The predicted molar refractivity (Wildman–Crippen MR) is 82.8 cm³/mol. The summed E-state index contributed by atoms with van der Waals surface area (Å²) in [5, 5.41) is 9.26. The van der Waals surface area contributed by atoms with E-state index in [1.165, 1.54) is 6.07 Å². The number of nitrogens with one attached hydrogen (secondary N) is 1. The van der Waals surface area contributed by atoms with Crippen molar-refractivity contribution in [1.29, 1.82) is 0 Å². The number of aryl methyl sites for hydroxylation is 2. The maximum Gasteiger partial charge on any atom is 0.263 e. The molecular weight excluding hydrogens is 288 g/mol. The van der Waals surface area contributed by atoms with E-state index in [1.807, 2.05) is 32.9 Å². The van der Waals surface area contributed by atoms with Crippen LogP contribution in [-0.2, 0) is 23.2 Å². The number of nitrogens with zero attached hydrogens (tertiary/aromatic N) is 1. The van der Waals surface area contributed by atoms with Gasteiger partial charge in [-0.2, -0.15) is 0 Å². The minimum Gasteiger partial charge on any atom is -0.390 e. The summed E-state index contributed by atoms with van der Waals surface area (Å²) in [6.45, 7) is 6.13. The smallest absolute Gasteiger partial charge is 0.263 e. The normalized spacial score (nSPS) is 11.6. The van der Waals surface area contributed by atoms with Crippen molar-refractivity contribution in [2.45, 2.75) is 38.8 Å². The predicted octanol–water partition coefficient (Wildman–Crippen LogP) is 2.42. The zero-order valence-corrected chi connectivity index (χ0v) is 13.2. The van der Waals surface area contributed by atoms with Crippen molar-refractivity contribution >= 4 is 15.7 Å². The van der Waals surface area contributed by atoms with Crippen LogP contribution in [0.4, 0.5) is 5.69 Å². The molecule has 5 nitrogen and oxygen atoms in total. The Morgan fingerprint density at radius 2 is 2.00 bits per heavy atom. The average molecular weight is 308 g/mol. The van der Waals surface area contributed by atoms with Gasteiger partial charge in [0.05, 0.1) is 12.3 Å². The lowest BCUT2D eigenvalue weighted by Gasteiger charge is -2.11. The van der Waals surface area contributed by atoms with Crippen LogP contribution in [0.15, 0.2) is 35.4 Å². The second-order valence-electron chi connectivity index (χ2n) is 4.96. The molecule has 1 aromatic heterocycles. The minimum atomic E-state index is -3.66. The van der Waals surface area contributed by atoms with E-state index in [9.17, 15) is 13.5 Å². The molecule has 0 aliphatic rings. The summed E-state index contributed by atoms with van der Waals surface area (Å²) in [6.07, 6.45) is 1.54. The van der Waals surface area contributed by atoms with E-state index in [-0.39, 0.29) is 11.5 Å². The van der Waals surface area contributed by atoms with Gasteiger partial charge in [-0.05, 0) is 44.0 Å². The van der Waals surface area contributed by atoms with E-state index in [4.69, 9.17) is 0 Å². The summed E-state index contributed by atoms with van der Waals surface area (Å²) in [6, 6.07) is 6.99. The summed E-state index contributed by atoms with van der Waals surface area (Å²) < 4.78 is 29.2. The summed E-state index contributed by atoms with van der Waals surface area (Å²) in [5.74, 6) is 0. The van der Waals surface area contributed by atoms with E-state index < -0.39 is 10.0 Å². The van der Waals surface area contributed by atoms with Crippen LogP contribution >= 0.6 is 0 Å². The second kappa shape index (κ2) is 5.91. The number of aromatic nitrogens is 1. The molecule has 6 heteroatoms. The molecule has 0 saturated heterocycles. The van der Waals surface area contributed by atoms with Crippen LogP contribution in [0.1, 0.15) is 23.7 Å². The van der Waals surface area contributed by atoms with Crippen LogP contribution < -0.4 is 4.72 Å². The van der Waals surface area contributed by atoms with Crippen molar-refractivity contribution in [3.63, 3.8) is 0 Å². The molecule has 2 rings (SSSR count). The molecule has 0 fully saturated rings. The Hall–Kier alpha value is -1.79. The minimum absolute atomic E-state index is 0.161. The largest absolute Gasteiger partial charge is 0.390 e. The van der Waals surface area contributed by atoms with Gasteiger partial charge in [0.25, 0.3) is 10.0 Å². The Morgan fingerprint density at radius 3 is 2.57 bits per heavy atom. The maximum absolute atomic E-state index is 12.5. The average Bonchev–Trinajstić information content (AvgIpc) is 2.88. The monoisotopic (exact) mass is 308 g/mol. The molecule has 2 N–H and O–H groups in total. The summed E-state index contributed by atoms with van der Waals surface area (Å²) in [7, 11) is -3.66. The first-order valence-corrected chi connectivity index (χ1v) is 8.26. The van der Waals surface area contributed by atoms with Gasteiger partial charge < -0.3 is 9.67 Å². The summed E-state index contributed by atoms with van der Waals surface area (Å²) >= 11 is 0. The lowest BCUT2D eigenvalue weighted by Crippen LogP contribution is -2.13. The fourth-order valence-electron chi connectivity index (χ4n) is 2.16. The molecule has 1 heterocycles. The molecule has 114 valence electrons. The Labute approximate surface area is 125 Å². The highest BCUT2D eigenvalue weighted by Crippen LogP contribution is 2.23. The number of benzene rings is 1. The van der Waals surface area contributed by atoms with E-state index in [0.29, 0.717) is 17.9 Å². The Morgan fingerprint density at radius 1 is 1.29 bits per heavy atom. The molecule has 0 amide bonds. The quantitative estimate of drug-likeness (QED) is 0.891. The van der Waals surface area contributed by atoms with E-state index in [0.717, 1.165) is 11.1 Å². The van der Waals surface area contributed by atoms with Gasteiger partial charge in [0.2, 0.25) is 0 Å². The number of sulfonamides is 1. The molecule has 2 aromatic rings. The van der Waals surface area contributed by atoms with Crippen LogP contribution in [0.25, 0.3) is 0 Å². The number of anilines is 1. The molecule has 0 bridgehead atoms. The van der Waals surface area contributed by atoms with Crippen LogP contribution in [0.3, 0.4) is 0 Å². The lowest BCUT2D eigenvalue weighted by molar-refractivity contribution is 0.271. The third-order valence-corrected chi connectivity index (χ3v) is 4.96. The fraction of sp³-hybridized carbons (Fsp3) is 0.333. The standard InChI is InChI=1S/C15H20N2O3S/c1-4-17-9-14(8-13(17)10-18)21(19,20)16-15-7-5-6-11(2)12(15)3/h5-9,16,18H,4,10H2,1-3H3. The number of aliphatic hydroxyl groups excluding tert-OH is 1. The van der Waals surface area contributed by atoms with Crippen LogP contribution in [0, 0.1) is 13.8 Å². The summed E-state index contributed by atoms with van der Waals surface area (Å²) in [4.78, 5) is 0.161. The molecule has 21 heavy (non-hydrogen) atoms. The van der Waals surface area contributed by atoms with Gasteiger partial charge in [-0.3, -0.25) is 4.72 Å². The highest BCUT2D eigenvalue weighted by Gasteiger charge is 2.19. The lowest BCUT2D eigenvalue weighted by atomic mass is 10.1. The Balaban J connectivity index is 2.38. The van der Waals surface area contributed by atoms with E-state index in [2.05, 4.69) is 4.72 Å². The zero-order valence-electron chi connectivity index (χ0n) is 12.4. The SMILES string of the molecule is CCn1cc(S(=O)(=O)Nc2cccc(C)c2C)cc1CO. The number of hydrogen-bond acceptors (Lipinski definition) is 3.